The zero-order valence-electron chi connectivity index (χ0n) is 14.5. The summed E-state index contributed by atoms with van der Waals surface area (Å²) >= 11 is 0. The quantitative estimate of drug-likeness (QED) is 0.916. The molecule has 0 atom stereocenters. The van der Waals surface area contributed by atoms with Gasteiger partial charge in [0.15, 0.2) is 0 Å². The SMILES string of the molecule is CCCN(C(=O)c1cc(C)nc2onc(C)c12)C1CCNCC1.Cl. The van der Waals surface area contributed by atoms with Gasteiger partial charge in [-0.3, -0.25) is 4.79 Å². The van der Waals surface area contributed by atoms with Crippen molar-refractivity contribution in [2.45, 2.75) is 46.1 Å². The Balaban J connectivity index is 0.00000208. The highest BCUT2D eigenvalue weighted by Crippen LogP contribution is 2.25. The molecule has 0 spiro atoms. The molecule has 3 heterocycles. The number of hydrogen-bond donors (Lipinski definition) is 1. The molecule has 2 aromatic rings. The Bertz CT molecular complexity index is 710. The smallest absolute Gasteiger partial charge is 0.258 e. The number of halogens is 1. The lowest BCUT2D eigenvalue weighted by Crippen LogP contribution is -2.46. The second kappa shape index (κ2) is 7.94. The van der Waals surface area contributed by atoms with E-state index in [0.717, 1.165) is 55.7 Å². The molecule has 132 valence electrons. The zero-order chi connectivity index (χ0) is 16.4. The van der Waals surface area contributed by atoms with Gasteiger partial charge in [0.25, 0.3) is 11.6 Å². The van der Waals surface area contributed by atoms with E-state index in [4.69, 9.17) is 4.52 Å². The van der Waals surface area contributed by atoms with E-state index in [1.165, 1.54) is 0 Å². The Labute approximate surface area is 148 Å². The number of fused-ring (bicyclic) bond motifs is 1. The lowest BCUT2D eigenvalue weighted by molar-refractivity contribution is 0.0644. The van der Waals surface area contributed by atoms with Gasteiger partial charge >= 0.3 is 0 Å². The molecule has 1 amide bonds. The first-order chi connectivity index (χ1) is 11.1. The fraction of sp³-hybridized carbons (Fsp3) is 0.588. The largest absolute Gasteiger partial charge is 0.336 e. The van der Waals surface area contributed by atoms with E-state index in [0.29, 0.717) is 17.3 Å². The molecule has 1 aliphatic rings. The summed E-state index contributed by atoms with van der Waals surface area (Å²) in [6.07, 6.45) is 2.95. The van der Waals surface area contributed by atoms with Crippen LogP contribution in [0.4, 0.5) is 0 Å². The molecule has 0 aromatic carbocycles. The second-order valence-corrected chi connectivity index (χ2v) is 6.24. The average Bonchev–Trinajstić information content (AvgIpc) is 2.93. The number of hydrogen-bond acceptors (Lipinski definition) is 5. The summed E-state index contributed by atoms with van der Waals surface area (Å²) in [6.45, 7) is 8.55. The Morgan fingerprint density at radius 2 is 2.08 bits per heavy atom. The summed E-state index contributed by atoms with van der Waals surface area (Å²) < 4.78 is 5.26. The van der Waals surface area contributed by atoms with Crippen molar-refractivity contribution in [1.29, 1.82) is 0 Å². The fourth-order valence-electron chi connectivity index (χ4n) is 3.35. The normalized spacial score (nSPS) is 15.3. The third-order valence-corrected chi connectivity index (χ3v) is 4.45. The van der Waals surface area contributed by atoms with Crippen molar-refractivity contribution in [1.82, 2.24) is 20.4 Å². The fourth-order valence-corrected chi connectivity index (χ4v) is 3.35. The molecule has 1 aliphatic heterocycles. The number of piperidine rings is 1. The van der Waals surface area contributed by atoms with Crippen molar-refractivity contribution in [2.75, 3.05) is 19.6 Å². The van der Waals surface area contributed by atoms with Crippen LogP contribution in [0.1, 0.15) is 47.9 Å². The second-order valence-electron chi connectivity index (χ2n) is 6.24. The molecule has 1 N–H and O–H groups in total. The predicted molar refractivity (Wildman–Crippen MR) is 95.7 cm³/mol. The lowest BCUT2D eigenvalue weighted by Gasteiger charge is -2.34. The van der Waals surface area contributed by atoms with Crippen LogP contribution in [0.25, 0.3) is 11.1 Å². The molecule has 2 aromatic heterocycles. The number of carbonyl (C=O) groups excluding carboxylic acids is 1. The van der Waals surface area contributed by atoms with E-state index in [1.54, 1.807) is 0 Å². The van der Waals surface area contributed by atoms with Crippen molar-refractivity contribution in [3.05, 3.63) is 23.0 Å². The Hall–Kier alpha value is -1.66. The van der Waals surface area contributed by atoms with Crippen LogP contribution in [0.5, 0.6) is 0 Å². The van der Waals surface area contributed by atoms with Crippen molar-refractivity contribution in [3.63, 3.8) is 0 Å². The number of carbonyl (C=O) groups is 1. The summed E-state index contributed by atoms with van der Waals surface area (Å²) in [6, 6.07) is 2.16. The van der Waals surface area contributed by atoms with E-state index < -0.39 is 0 Å². The van der Waals surface area contributed by atoms with Crippen LogP contribution in [0.3, 0.4) is 0 Å². The molecule has 1 saturated heterocycles. The van der Waals surface area contributed by atoms with Gasteiger partial charge in [0.05, 0.1) is 16.6 Å². The molecule has 6 nitrogen and oxygen atoms in total. The van der Waals surface area contributed by atoms with E-state index in [9.17, 15) is 4.79 Å². The first-order valence-electron chi connectivity index (χ1n) is 8.37. The Kier molecular flexibility index (Phi) is 6.18. The number of nitrogens with zero attached hydrogens (tertiary/aromatic N) is 3. The van der Waals surface area contributed by atoms with Gasteiger partial charge in [0.2, 0.25) is 0 Å². The minimum absolute atomic E-state index is 0. The summed E-state index contributed by atoms with van der Waals surface area (Å²) in [5.74, 6) is 0.0700. The number of pyridine rings is 1. The monoisotopic (exact) mass is 352 g/mol. The maximum absolute atomic E-state index is 13.3. The predicted octanol–water partition coefficient (Wildman–Crippen LogP) is 2.87. The summed E-state index contributed by atoms with van der Waals surface area (Å²) in [7, 11) is 0. The Morgan fingerprint density at radius 1 is 1.38 bits per heavy atom. The highest BCUT2D eigenvalue weighted by molar-refractivity contribution is 6.06. The number of amides is 1. The van der Waals surface area contributed by atoms with Crippen LogP contribution >= 0.6 is 12.4 Å². The van der Waals surface area contributed by atoms with Gasteiger partial charge in [-0.1, -0.05) is 12.1 Å². The van der Waals surface area contributed by atoms with Crippen molar-refractivity contribution >= 4 is 29.4 Å². The van der Waals surface area contributed by atoms with Crippen molar-refractivity contribution < 1.29 is 9.32 Å². The van der Waals surface area contributed by atoms with Gasteiger partial charge in [-0.25, -0.2) is 4.98 Å². The number of aryl methyl sites for hydroxylation is 2. The molecule has 0 radical (unpaired) electrons. The molecule has 0 bridgehead atoms. The minimum Gasteiger partial charge on any atom is -0.336 e. The highest BCUT2D eigenvalue weighted by Gasteiger charge is 2.28. The summed E-state index contributed by atoms with van der Waals surface area (Å²) in [5, 5.41) is 8.09. The number of rotatable bonds is 4. The molecule has 0 aliphatic carbocycles. The zero-order valence-corrected chi connectivity index (χ0v) is 15.3. The molecule has 0 saturated carbocycles. The van der Waals surface area contributed by atoms with Crippen LogP contribution in [-0.4, -0.2) is 46.6 Å². The van der Waals surface area contributed by atoms with Gasteiger partial charge in [-0.05, 0) is 52.3 Å². The van der Waals surface area contributed by atoms with Gasteiger partial charge in [0.1, 0.15) is 0 Å². The maximum Gasteiger partial charge on any atom is 0.258 e. The van der Waals surface area contributed by atoms with E-state index in [1.807, 2.05) is 24.8 Å². The van der Waals surface area contributed by atoms with E-state index >= 15 is 0 Å². The highest BCUT2D eigenvalue weighted by atomic mass is 35.5. The van der Waals surface area contributed by atoms with Crippen molar-refractivity contribution in [3.8, 4) is 0 Å². The van der Waals surface area contributed by atoms with Crippen LogP contribution in [-0.2, 0) is 0 Å². The topological polar surface area (TPSA) is 71.3 Å². The molecular formula is C17H25ClN4O2. The molecular weight excluding hydrogens is 328 g/mol. The third-order valence-electron chi connectivity index (χ3n) is 4.45. The number of aromatic nitrogens is 2. The summed E-state index contributed by atoms with van der Waals surface area (Å²) in [4.78, 5) is 19.6. The van der Waals surface area contributed by atoms with Crippen LogP contribution in [0.2, 0.25) is 0 Å². The third kappa shape index (κ3) is 3.54. The molecule has 0 unspecified atom stereocenters. The van der Waals surface area contributed by atoms with Gasteiger partial charge in [0, 0.05) is 18.3 Å². The maximum atomic E-state index is 13.3. The van der Waals surface area contributed by atoms with Crippen LogP contribution < -0.4 is 5.32 Å². The van der Waals surface area contributed by atoms with Crippen molar-refractivity contribution in [2.24, 2.45) is 0 Å². The van der Waals surface area contributed by atoms with Crippen LogP contribution in [0.15, 0.2) is 10.6 Å². The molecule has 1 fully saturated rings. The van der Waals surface area contributed by atoms with E-state index in [-0.39, 0.29) is 18.3 Å². The Morgan fingerprint density at radius 3 is 2.75 bits per heavy atom. The average molecular weight is 353 g/mol. The summed E-state index contributed by atoms with van der Waals surface area (Å²) in [5.41, 5.74) is 2.61. The van der Waals surface area contributed by atoms with E-state index in [2.05, 4.69) is 22.4 Å². The standard InChI is InChI=1S/C17H24N4O2.ClH/c1-4-9-21(13-5-7-18-8-6-13)17(22)14-10-11(2)19-16-15(14)12(3)20-23-16;/h10,13,18H,4-9H2,1-3H3;1H. The number of nitrogens with one attached hydrogen (secondary N) is 1. The molecule has 3 rings (SSSR count). The first-order valence-corrected chi connectivity index (χ1v) is 8.37. The molecule has 7 heteroatoms. The van der Waals surface area contributed by atoms with Gasteiger partial charge in [-0.2, -0.15) is 0 Å². The van der Waals surface area contributed by atoms with Gasteiger partial charge < -0.3 is 14.7 Å². The minimum atomic E-state index is 0. The van der Waals surface area contributed by atoms with Crippen LogP contribution in [0, 0.1) is 13.8 Å². The van der Waals surface area contributed by atoms with Gasteiger partial charge in [-0.15, -0.1) is 12.4 Å². The lowest BCUT2D eigenvalue weighted by atomic mass is 10.0. The first kappa shape index (κ1) is 18.7. The molecule has 24 heavy (non-hydrogen) atoms.